The molecule has 1 saturated heterocycles. The topological polar surface area (TPSA) is 119 Å². The number of nitrogens with one attached hydrogen (secondary N) is 3. The van der Waals surface area contributed by atoms with Crippen molar-refractivity contribution < 1.29 is 9.53 Å². The van der Waals surface area contributed by atoms with Crippen LogP contribution in [0.5, 0.6) is 0 Å². The summed E-state index contributed by atoms with van der Waals surface area (Å²) in [6, 6.07) is 8.24. The summed E-state index contributed by atoms with van der Waals surface area (Å²) >= 11 is 0. The monoisotopic (exact) mass is 472 g/mol. The molecule has 10 nitrogen and oxygen atoms in total. The van der Waals surface area contributed by atoms with Gasteiger partial charge in [0.2, 0.25) is 0 Å². The molecule has 1 aliphatic heterocycles. The molecule has 5 rings (SSSR count). The van der Waals surface area contributed by atoms with Crippen molar-refractivity contribution in [2.24, 2.45) is 7.05 Å². The highest BCUT2D eigenvalue weighted by Gasteiger charge is 2.23. The quantitative estimate of drug-likeness (QED) is 0.362. The molecular weight excluding hydrogens is 444 g/mol. The Morgan fingerprint density at radius 2 is 2.00 bits per heavy atom. The normalized spacial score (nSPS) is 14.1. The number of anilines is 3. The van der Waals surface area contributed by atoms with Crippen LogP contribution in [0.4, 0.5) is 17.3 Å². The Morgan fingerprint density at radius 1 is 1.17 bits per heavy atom. The highest BCUT2D eigenvalue weighted by molar-refractivity contribution is 5.98. The molecule has 4 aromatic rings. The molecule has 0 aliphatic carbocycles. The third-order valence-electron chi connectivity index (χ3n) is 6.36. The van der Waals surface area contributed by atoms with Gasteiger partial charge in [0.15, 0.2) is 17.3 Å². The Balaban J connectivity index is 1.57. The van der Waals surface area contributed by atoms with E-state index in [1.54, 1.807) is 25.8 Å². The van der Waals surface area contributed by atoms with Gasteiger partial charge in [0.05, 0.1) is 30.7 Å². The van der Waals surface area contributed by atoms with Crippen molar-refractivity contribution in [2.45, 2.75) is 18.8 Å². The van der Waals surface area contributed by atoms with Gasteiger partial charge in [-0.25, -0.2) is 19.7 Å². The predicted molar refractivity (Wildman–Crippen MR) is 135 cm³/mol. The van der Waals surface area contributed by atoms with Gasteiger partial charge >= 0.3 is 5.97 Å². The molecule has 4 heterocycles. The van der Waals surface area contributed by atoms with Gasteiger partial charge in [0.1, 0.15) is 11.2 Å². The van der Waals surface area contributed by atoms with Crippen molar-refractivity contribution in [1.82, 2.24) is 29.8 Å². The van der Waals surface area contributed by atoms with Crippen LogP contribution in [0.15, 0.2) is 43.0 Å². The first-order chi connectivity index (χ1) is 17.1. The van der Waals surface area contributed by atoms with Gasteiger partial charge in [0.25, 0.3) is 0 Å². The predicted octanol–water partition coefficient (Wildman–Crippen LogP) is 3.46. The van der Waals surface area contributed by atoms with E-state index < -0.39 is 5.97 Å². The second kappa shape index (κ2) is 9.67. The molecule has 1 aliphatic rings. The number of benzene rings is 1. The molecule has 3 aromatic heterocycles. The number of imidazole rings is 1. The molecule has 1 aromatic carbocycles. The fourth-order valence-corrected chi connectivity index (χ4v) is 4.50. The van der Waals surface area contributed by atoms with Crippen molar-refractivity contribution in [2.75, 3.05) is 37.9 Å². The number of esters is 1. The summed E-state index contributed by atoms with van der Waals surface area (Å²) in [5.41, 5.74) is 4.90. The number of nitrogens with zero attached hydrogens (tertiary/aromatic N) is 5. The van der Waals surface area contributed by atoms with E-state index in [1.165, 1.54) is 12.7 Å². The maximum Gasteiger partial charge on any atom is 0.360 e. The number of carbonyl (C=O) groups is 1. The number of aromatic nitrogens is 5. The maximum atomic E-state index is 12.8. The number of methoxy groups -OCH3 is 1. The Hall–Kier alpha value is -4.05. The maximum absolute atomic E-state index is 12.8. The average Bonchev–Trinajstić information content (AvgIpc) is 3.29. The summed E-state index contributed by atoms with van der Waals surface area (Å²) < 4.78 is 6.93. The smallest absolute Gasteiger partial charge is 0.360 e. The van der Waals surface area contributed by atoms with Crippen LogP contribution in [-0.4, -0.2) is 57.7 Å². The summed E-state index contributed by atoms with van der Waals surface area (Å²) in [5, 5.41) is 9.81. The standard InChI is InChI=1S/C25H28N8O2/c1-26-23-21(18-12-28-13-19-20(18)29-14-33(19)2)31-22(25(34)35-3)24(32-23)30-17-6-4-5-16(11-17)15-7-9-27-10-8-15/h4-6,11-15,27H,7-10H2,1-3H3,(H2,26,30,32). The van der Waals surface area contributed by atoms with Gasteiger partial charge in [-0.3, -0.25) is 4.98 Å². The first-order valence-electron chi connectivity index (χ1n) is 11.6. The van der Waals surface area contributed by atoms with Crippen LogP contribution in [0.3, 0.4) is 0 Å². The highest BCUT2D eigenvalue weighted by Crippen LogP contribution is 2.33. The van der Waals surface area contributed by atoms with E-state index in [-0.39, 0.29) is 5.69 Å². The summed E-state index contributed by atoms with van der Waals surface area (Å²) in [4.78, 5) is 31.0. The number of aryl methyl sites for hydroxylation is 1. The summed E-state index contributed by atoms with van der Waals surface area (Å²) in [7, 11) is 4.99. The second-order valence-corrected chi connectivity index (χ2v) is 8.54. The van der Waals surface area contributed by atoms with E-state index in [0.29, 0.717) is 28.8 Å². The SMILES string of the molecule is CNc1nc(Nc2cccc(C3CCNCC3)c2)c(C(=O)OC)nc1-c1cncc2c1ncn2C. The van der Waals surface area contributed by atoms with E-state index in [4.69, 9.17) is 14.7 Å². The van der Waals surface area contributed by atoms with E-state index in [9.17, 15) is 4.79 Å². The number of hydrogen-bond acceptors (Lipinski definition) is 9. The van der Waals surface area contributed by atoms with Gasteiger partial charge in [-0.1, -0.05) is 12.1 Å². The van der Waals surface area contributed by atoms with Crippen LogP contribution in [0, 0.1) is 0 Å². The molecule has 0 saturated carbocycles. The Labute approximate surface area is 203 Å². The Bertz CT molecular complexity index is 1380. The van der Waals surface area contributed by atoms with Crippen LogP contribution in [0.1, 0.15) is 34.8 Å². The lowest BCUT2D eigenvalue weighted by molar-refractivity contribution is 0.0595. The van der Waals surface area contributed by atoms with Gasteiger partial charge in [-0.2, -0.15) is 0 Å². The minimum Gasteiger partial charge on any atom is -0.464 e. The molecule has 0 unspecified atom stereocenters. The van der Waals surface area contributed by atoms with Crippen LogP contribution >= 0.6 is 0 Å². The van der Waals surface area contributed by atoms with E-state index in [0.717, 1.165) is 42.7 Å². The lowest BCUT2D eigenvalue weighted by atomic mass is 9.90. The first-order valence-corrected chi connectivity index (χ1v) is 11.6. The average molecular weight is 473 g/mol. The van der Waals surface area contributed by atoms with Crippen LogP contribution in [0.25, 0.3) is 22.3 Å². The van der Waals surface area contributed by atoms with Crippen LogP contribution in [0.2, 0.25) is 0 Å². The fraction of sp³-hybridized carbons (Fsp3) is 0.320. The minimum atomic E-state index is -0.584. The van der Waals surface area contributed by atoms with Gasteiger partial charge < -0.3 is 25.3 Å². The fourth-order valence-electron chi connectivity index (χ4n) is 4.50. The number of piperidine rings is 1. The van der Waals surface area contributed by atoms with Crippen molar-refractivity contribution >= 4 is 34.3 Å². The summed E-state index contributed by atoms with van der Waals surface area (Å²) in [5.74, 6) is 0.730. The molecule has 10 heteroatoms. The van der Waals surface area contributed by atoms with Crippen molar-refractivity contribution in [1.29, 1.82) is 0 Å². The molecule has 0 amide bonds. The lowest BCUT2D eigenvalue weighted by Crippen LogP contribution is -2.26. The molecule has 35 heavy (non-hydrogen) atoms. The van der Waals surface area contributed by atoms with Gasteiger partial charge in [-0.05, 0) is 49.5 Å². The molecule has 1 fully saturated rings. The highest BCUT2D eigenvalue weighted by atomic mass is 16.5. The second-order valence-electron chi connectivity index (χ2n) is 8.54. The zero-order valence-electron chi connectivity index (χ0n) is 20.0. The molecule has 3 N–H and O–H groups in total. The van der Waals surface area contributed by atoms with E-state index in [1.807, 2.05) is 23.7 Å². The Kier molecular flexibility index (Phi) is 6.28. The van der Waals surface area contributed by atoms with E-state index in [2.05, 4.69) is 38.1 Å². The number of pyridine rings is 1. The van der Waals surface area contributed by atoms with Crippen molar-refractivity contribution in [3.05, 3.63) is 54.2 Å². The zero-order chi connectivity index (χ0) is 24.4. The third-order valence-corrected chi connectivity index (χ3v) is 6.36. The summed E-state index contributed by atoms with van der Waals surface area (Å²) in [6.45, 7) is 2.04. The largest absolute Gasteiger partial charge is 0.464 e. The van der Waals surface area contributed by atoms with E-state index >= 15 is 0 Å². The summed E-state index contributed by atoms with van der Waals surface area (Å²) in [6.07, 6.45) is 7.33. The zero-order valence-corrected chi connectivity index (χ0v) is 20.0. The molecular formula is C25H28N8O2. The third kappa shape index (κ3) is 4.40. The van der Waals surface area contributed by atoms with Crippen LogP contribution in [-0.2, 0) is 11.8 Å². The van der Waals surface area contributed by atoms with Gasteiger partial charge in [0, 0.05) is 26.0 Å². The van der Waals surface area contributed by atoms with Gasteiger partial charge in [-0.15, -0.1) is 0 Å². The number of carbonyl (C=O) groups excluding carboxylic acids is 1. The molecule has 0 radical (unpaired) electrons. The molecule has 180 valence electrons. The lowest BCUT2D eigenvalue weighted by Gasteiger charge is -2.23. The molecule has 0 atom stereocenters. The van der Waals surface area contributed by atoms with Crippen molar-refractivity contribution in [3.63, 3.8) is 0 Å². The van der Waals surface area contributed by atoms with Crippen LogP contribution < -0.4 is 16.0 Å². The number of fused-ring (bicyclic) bond motifs is 1. The molecule has 0 spiro atoms. The number of rotatable bonds is 6. The Morgan fingerprint density at radius 3 is 2.77 bits per heavy atom. The molecule has 0 bridgehead atoms. The minimum absolute atomic E-state index is 0.0849. The number of hydrogen-bond donors (Lipinski definition) is 3. The number of ether oxygens (including phenoxy) is 1. The first kappa shape index (κ1) is 22.7. The van der Waals surface area contributed by atoms with Crippen molar-refractivity contribution in [3.8, 4) is 11.3 Å².